The molecule has 1 aromatic heterocycles. The number of nitrogens with one attached hydrogen (secondary N) is 6. The second-order valence-electron chi connectivity index (χ2n) is 15.6. The monoisotopic (exact) mass is 822 g/mol. The van der Waals surface area contributed by atoms with Crippen molar-refractivity contribution >= 4 is 46.3 Å². The van der Waals surface area contributed by atoms with Crippen molar-refractivity contribution in [1.82, 2.24) is 36.5 Å². The molecule has 0 radical (unpaired) electrons. The number of nitrogens with two attached hydrogens (primary N) is 1. The number of aromatic hydroxyl groups is 1. The van der Waals surface area contributed by atoms with Gasteiger partial charge in [0.15, 0.2) is 0 Å². The van der Waals surface area contributed by atoms with Gasteiger partial charge in [-0.15, -0.1) is 0 Å². The molecule has 0 unspecified atom stereocenters. The maximum atomic E-state index is 14.5. The molecule has 16 nitrogen and oxygen atoms in total. The topological polar surface area (TPSA) is 248 Å². The fourth-order valence-electron chi connectivity index (χ4n) is 7.85. The lowest BCUT2D eigenvalue weighted by molar-refractivity contribution is -0.143. The van der Waals surface area contributed by atoms with Crippen molar-refractivity contribution in [3.63, 3.8) is 0 Å². The van der Waals surface area contributed by atoms with Gasteiger partial charge in [0, 0.05) is 42.9 Å². The van der Waals surface area contributed by atoms with E-state index in [4.69, 9.17) is 5.73 Å². The van der Waals surface area contributed by atoms with Crippen LogP contribution in [0.4, 0.5) is 0 Å². The van der Waals surface area contributed by atoms with Gasteiger partial charge in [0.25, 0.3) is 0 Å². The van der Waals surface area contributed by atoms with Crippen LogP contribution in [0.3, 0.4) is 0 Å². The number of carbonyl (C=O) groups is 6. The zero-order valence-electron chi connectivity index (χ0n) is 33.6. The van der Waals surface area contributed by atoms with Gasteiger partial charge in [-0.3, -0.25) is 28.8 Å². The van der Waals surface area contributed by atoms with Crippen LogP contribution < -0.4 is 32.3 Å². The number of fused-ring (bicyclic) bond motifs is 2. The molecule has 2 saturated heterocycles. The molecular weight excluding hydrogens is 769 g/mol. The summed E-state index contributed by atoms with van der Waals surface area (Å²) in [7, 11) is 0. The standard InChI is InChI=1S/C44H54N8O8/c1-26(53)38-43(59)50-36(23-27-10-3-2-4-11-27)44(60)52-21-9-15-37(52)42(58)49-34(22-28-16-18-30(54)19-17-28)40(56)48-35(24-29-25-46-32-13-6-5-12-31(29)32)41(57)47-33(39(55)51-38)14-7-8-20-45/h2-6,10-13,16-19,25-26,33-38,46,53-54H,7-9,14-15,20-24,45H2,1H3,(H,47,57)(H,48,56)(H,49,58)(H,50,59)(H,51,55)/t26-,33+,34+,35-,36+,37+,38+/m1/s1. The van der Waals surface area contributed by atoms with Crippen molar-refractivity contribution in [3.05, 3.63) is 102 Å². The molecule has 2 fully saturated rings. The summed E-state index contributed by atoms with van der Waals surface area (Å²) in [4.78, 5) is 90.3. The number of para-hydroxylation sites is 1. The summed E-state index contributed by atoms with van der Waals surface area (Å²) in [6.45, 7) is 1.85. The summed E-state index contributed by atoms with van der Waals surface area (Å²) in [6.07, 6.45) is 2.12. The molecule has 0 saturated carbocycles. The van der Waals surface area contributed by atoms with Gasteiger partial charge in [-0.25, -0.2) is 0 Å². The van der Waals surface area contributed by atoms with E-state index in [1.54, 1.807) is 42.6 Å². The summed E-state index contributed by atoms with van der Waals surface area (Å²) in [5, 5.41) is 35.5. The van der Waals surface area contributed by atoms with Crippen molar-refractivity contribution in [2.45, 2.75) is 101 Å². The first kappa shape index (κ1) is 43.3. The number of hydrogen-bond acceptors (Lipinski definition) is 9. The van der Waals surface area contributed by atoms with Gasteiger partial charge in [-0.2, -0.15) is 0 Å². The van der Waals surface area contributed by atoms with E-state index >= 15 is 0 Å². The highest BCUT2D eigenvalue weighted by molar-refractivity contribution is 5.99. The SMILES string of the molecule is C[C@@H](O)[C@@H]1NC(=O)[C@H](CCCCN)NC(=O)[C@@H](Cc2c[nH]c3ccccc23)NC(=O)[C@H](Cc2ccc(O)cc2)NC(=O)[C@@H]2CCCN2C(=O)[C@H](Cc2ccccc2)NC1=O. The minimum absolute atomic E-state index is 0.00879. The third kappa shape index (κ3) is 10.9. The molecule has 4 aromatic rings. The van der Waals surface area contributed by atoms with Gasteiger partial charge in [-0.05, 0) is 80.5 Å². The first-order valence-corrected chi connectivity index (χ1v) is 20.5. The minimum atomic E-state index is -1.53. The maximum absolute atomic E-state index is 14.5. The van der Waals surface area contributed by atoms with Gasteiger partial charge in [0.1, 0.15) is 42.0 Å². The third-order valence-corrected chi connectivity index (χ3v) is 11.1. The zero-order chi connectivity index (χ0) is 42.8. The second kappa shape index (κ2) is 20.1. The Morgan fingerprint density at radius 3 is 2.00 bits per heavy atom. The number of aromatic amines is 1. The van der Waals surface area contributed by atoms with Crippen LogP contribution in [-0.2, 0) is 48.0 Å². The number of aliphatic hydroxyl groups is 1. The number of hydrogen-bond donors (Lipinski definition) is 9. The predicted molar refractivity (Wildman–Crippen MR) is 223 cm³/mol. The highest BCUT2D eigenvalue weighted by Gasteiger charge is 2.41. The molecular formula is C44H54N8O8. The van der Waals surface area contributed by atoms with Crippen LogP contribution in [0, 0.1) is 0 Å². The second-order valence-corrected chi connectivity index (χ2v) is 15.6. The van der Waals surface area contributed by atoms with Crippen LogP contribution in [0.1, 0.15) is 55.7 Å². The Morgan fingerprint density at radius 1 is 0.683 bits per heavy atom. The predicted octanol–water partition coefficient (Wildman–Crippen LogP) is 0.840. The first-order chi connectivity index (χ1) is 28.9. The number of aromatic nitrogens is 1. The maximum Gasteiger partial charge on any atom is 0.246 e. The zero-order valence-corrected chi connectivity index (χ0v) is 33.6. The Balaban J connectivity index is 1.40. The highest BCUT2D eigenvalue weighted by Crippen LogP contribution is 2.23. The molecule has 16 heteroatoms. The summed E-state index contributed by atoms with van der Waals surface area (Å²) in [5.74, 6) is -4.13. The average molecular weight is 823 g/mol. The van der Waals surface area contributed by atoms with E-state index in [2.05, 4.69) is 31.6 Å². The number of aliphatic hydroxyl groups excluding tert-OH is 1. The number of H-pyrrole nitrogens is 1. The quantitative estimate of drug-likeness (QED) is 0.0972. The summed E-state index contributed by atoms with van der Waals surface area (Å²) < 4.78 is 0. The lowest BCUT2D eigenvalue weighted by Crippen LogP contribution is -2.63. The van der Waals surface area contributed by atoms with Crippen molar-refractivity contribution in [2.75, 3.05) is 13.1 Å². The molecule has 10 N–H and O–H groups in total. The van der Waals surface area contributed by atoms with E-state index < -0.39 is 77.8 Å². The Hall–Kier alpha value is -6.26. The molecule has 2 aliphatic rings. The number of amides is 6. The van der Waals surface area contributed by atoms with Crippen LogP contribution in [0.5, 0.6) is 5.75 Å². The molecule has 7 atom stereocenters. The smallest absolute Gasteiger partial charge is 0.246 e. The number of nitrogens with zero attached hydrogens (tertiary/aromatic N) is 1. The molecule has 3 heterocycles. The third-order valence-electron chi connectivity index (χ3n) is 11.1. The number of phenolic OH excluding ortho intramolecular Hbond substituents is 1. The molecule has 3 aromatic carbocycles. The molecule has 0 bridgehead atoms. The Kier molecular flexibility index (Phi) is 14.5. The molecule has 0 aliphatic carbocycles. The summed E-state index contributed by atoms with van der Waals surface area (Å²) >= 11 is 0. The van der Waals surface area contributed by atoms with Crippen molar-refractivity contribution in [2.24, 2.45) is 5.73 Å². The van der Waals surface area contributed by atoms with Gasteiger partial charge < -0.3 is 52.4 Å². The Morgan fingerprint density at radius 2 is 1.28 bits per heavy atom. The van der Waals surface area contributed by atoms with Crippen LogP contribution in [-0.4, -0.2) is 111 Å². The lowest BCUT2D eigenvalue weighted by atomic mass is 10.00. The largest absolute Gasteiger partial charge is 0.508 e. The van der Waals surface area contributed by atoms with Crippen molar-refractivity contribution in [1.29, 1.82) is 0 Å². The molecule has 2 aliphatic heterocycles. The minimum Gasteiger partial charge on any atom is -0.508 e. The Bertz CT molecular complexity index is 2140. The number of phenols is 1. The van der Waals surface area contributed by atoms with Gasteiger partial charge in [0.2, 0.25) is 35.4 Å². The fourth-order valence-corrected chi connectivity index (χ4v) is 7.85. The Labute approximate surface area is 348 Å². The van der Waals surface area contributed by atoms with E-state index in [1.807, 2.05) is 30.3 Å². The van der Waals surface area contributed by atoms with Crippen molar-refractivity contribution in [3.8, 4) is 5.75 Å². The molecule has 6 rings (SSSR count). The highest BCUT2D eigenvalue weighted by atomic mass is 16.3. The van der Waals surface area contributed by atoms with E-state index in [0.29, 0.717) is 42.5 Å². The average Bonchev–Trinajstić information content (AvgIpc) is 3.90. The first-order valence-electron chi connectivity index (χ1n) is 20.5. The number of carbonyl (C=O) groups excluding carboxylic acids is 6. The molecule has 0 spiro atoms. The van der Waals surface area contributed by atoms with Crippen molar-refractivity contribution < 1.29 is 39.0 Å². The molecule has 6 amide bonds. The fraction of sp³-hybridized carbons (Fsp3) is 0.409. The van der Waals surface area contributed by atoms with Crippen LogP contribution in [0.2, 0.25) is 0 Å². The molecule has 60 heavy (non-hydrogen) atoms. The summed E-state index contributed by atoms with van der Waals surface area (Å²) in [5.41, 5.74) is 8.59. The normalized spacial score (nSPS) is 24.0. The van der Waals surface area contributed by atoms with Gasteiger partial charge >= 0.3 is 0 Å². The lowest BCUT2D eigenvalue weighted by Gasteiger charge is -2.32. The van der Waals surface area contributed by atoms with Crippen LogP contribution in [0.15, 0.2) is 85.1 Å². The van der Waals surface area contributed by atoms with E-state index in [-0.39, 0.29) is 44.4 Å². The number of rotatable bonds is 11. The van der Waals surface area contributed by atoms with Crippen LogP contribution in [0.25, 0.3) is 10.9 Å². The van der Waals surface area contributed by atoms with E-state index in [0.717, 1.165) is 10.9 Å². The van der Waals surface area contributed by atoms with Gasteiger partial charge in [0.05, 0.1) is 6.10 Å². The van der Waals surface area contributed by atoms with E-state index in [1.165, 1.54) is 24.0 Å². The number of benzene rings is 3. The molecule has 318 valence electrons. The number of unbranched alkanes of at least 4 members (excludes halogenated alkanes) is 1. The van der Waals surface area contributed by atoms with E-state index in [9.17, 15) is 39.0 Å². The van der Waals surface area contributed by atoms with Gasteiger partial charge in [-0.1, -0.05) is 60.7 Å². The van der Waals surface area contributed by atoms with Crippen LogP contribution >= 0.6 is 0 Å². The summed E-state index contributed by atoms with van der Waals surface area (Å²) in [6, 6.07) is 15.1.